The molecule has 0 unspecified atom stereocenters. The standard InChI is InChI=1S/C13H17N3/c1-2-3-6-10-9-7-4-5-8-11(9)16-13(15)12(10)14/h4-5,7-8H,2-3,6,14H2,1H3,(H2,15,16). The van der Waals surface area contributed by atoms with Gasteiger partial charge in [-0.3, -0.25) is 0 Å². The number of nitrogens with zero attached hydrogens (tertiary/aromatic N) is 1. The highest BCUT2D eigenvalue weighted by atomic mass is 14.9. The number of pyridine rings is 1. The van der Waals surface area contributed by atoms with Crippen molar-refractivity contribution in [2.75, 3.05) is 11.5 Å². The van der Waals surface area contributed by atoms with Gasteiger partial charge < -0.3 is 11.5 Å². The number of nitrogen functional groups attached to an aromatic ring is 2. The van der Waals surface area contributed by atoms with Gasteiger partial charge in [0.05, 0.1) is 11.2 Å². The number of aryl methyl sites for hydroxylation is 1. The summed E-state index contributed by atoms with van der Waals surface area (Å²) in [5.41, 5.74) is 14.5. The number of nitrogens with two attached hydrogens (primary N) is 2. The largest absolute Gasteiger partial charge is 0.396 e. The lowest BCUT2D eigenvalue weighted by molar-refractivity contribution is 0.800. The smallest absolute Gasteiger partial charge is 0.147 e. The first-order chi connectivity index (χ1) is 7.74. The van der Waals surface area contributed by atoms with Gasteiger partial charge in [0.25, 0.3) is 0 Å². The first-order valence-electron chi connectivity index (χ1n) is 5.66. The van der Waals surface area contributed by atoms with Crippen LogP contribution in [0.25, 0.3) is 10.9 Å². The Kier molecular flexibility index (Phi) is 2.95. The maximum absolute atomic E-state index is 6.00. The summed E-state index contributed by atoms with van der Waals surface area (Å²) in [5.74, 6) is 0.449. The molecule has 0 atom stereocenters. The number of hydrogen-bond acceptors (Lipinski definition) is 3. The lowest BCUT2D eigenvalue weighted by Gasteiger charge is -2.11. The van der Waals surface area contributed by atoms with Crippen LogP contribution in [0.15, 0.2) is 24.3 Å². The number of para-hydroxylation sites is 1. The van der Waals surface area contributed by atoms with Gasteiger partial charge in [-0.2, -0.15) is 0 Å². The van der Waals surface area contributed by atoms with Gasteiger partial charge in [-0.1, -0.05) is 31.5 Å². The predicted molar refractivity (Wildman–Crippen MR) is 69.2 cm³/mol. The van der Waals surface area contributed by atoms with E-state index in [0.29, 0.717) is 11.5 Å². The Morgan fingerprint density at radius 3 is 2.69 bits per heavy atom. The fourth-order valence-electron chi connectivity index (χ4n) is 1.94. The molecule has 0 aliphatic heterocycles. The van der Waals surface area contributed by atoms with Gasteiger partial charge in [0.15, 0.2) is 0 Å². The number of fused-ring (bicyclic) bond motifs is 1. The van der Waals surface area contributed by atoms with Crippen LogP contribution in [-0.4, -0.2) is 4.98 Å². The van der Waals surface area contributed by atoms with Crippen LogP contribution in [0.4, 0.5) is 11.5 Å². The van der Waals surface area contributed by atoms with E-state index in [4.69, 9.17) is 11.5 Å². The Hall–Kier alpha value is -1.77. The van der Waals surface area contributed by atoms with E-state index in [-0.39, 0.29) is 0 Å². The molecule has 2 aromatic rings. The van der Waals surface area contributed by atoms with Crippen molar-refractivity contribution in [2.45, 2.75) is 26.2 Å². The van der Waals surface area contributed by atoms with Crippen molar-refractivity contribution in [3.63, 3.8) is 0 Å². The summed E-state index contributed by atoms with van der Waals surface area (Å²) in [7, 11) is 0. The molecule has 2 rings (SSSR count). The van der Waals surface area contributed by atoms with E-state index < -0.39 is 0 Å². The third-order valence-electron chi connectivity index (χ3n) is 2.85. The first-order valence-corrected chi connectivity index (χ1v) is 5.66. The predicted octanol–water partition coefficient (Wildman–Crippen LogP) is 2.74. The Bertz CT molecular complexity index is 506. The average Bonchev–Trinajstić information content (AvgIpc) is 2.30. The normalized spacial score (nSPS) is 10.8. The molecule has 0 saturated carbocycles. The van der Waals surface area contributed by atoms with Gasteiger partial charge in [-0.25, -0.2) is 4.98 Å². The minimum absolute atomic E-state index is 0.449. The molecular weight excluding hydrogens is 198 g/mol. The lowest BCUT2D eigenvalue weighted by atomic mass is 10.0. The number of hydrogen-bond donors (Lipinski definition) is 2. The van der Waals surface area contributed by atoms with Gasteiger partial charge >= 0.3 is 0 Å². The van der Waals surface area contributed by atoms with Crippen molar-refractivity contribution in [3.8, 4) is 0 Å². The first kappa shape index (κ1) is 10.7. The summed E-state index contributed by atoms with van der Waals surface area (Å²) in [6.45, 7) is 2.17. The van der Waals surface area contributed by atoms with Crippen LogP contribution in [-0.2, 0) is 6.42 Å². The summed E-state index contributed by atoms with van der Waals surface area (Å²) in [6, 6.07) is 8.01. The molecule has 0 aliphatic rings. The van der Waals surface area contributed by atoms with Gasteiger partial charge in [0.1, 0.15) is 5.82 Å². The molecule has 1 aromatic heterocycles. The van der Waals surface area contributed by atoms with Gasteiger partial charge in [-0.15, -0.1) is 0 Å². The molecule has 0 amide bonds. The second-order valence-electron chi connectivity index (χ2n) is 4.01. The molecule has 84 valence electrons. The number of anilines is 2. The molecule has 3 nitrogen and oxygen atoms in total. The minimum atomic E-state index is 0.449. The highest BCUT2D eigenvalue weighted by molar-refractivity contribution is 5.90. The van der Waals surface area contributed by atoms with E-state index in [2.05, 4.69) is 18.0 Å². The van der Waals surface area contributed by atoms with E-state index in [1.165, 1.54) is 0 Å². The molecule has 3 heteroatoms. The van der Waals surface area contributed by atoms with E-state index in [1.54, 1.807) is 0 Å². The van der Waals surface area contributed by atoms with Crippen molar-refractivity contribution in [1.82, 2.24) is 4.98 Å². The van der Waals surface area contributed by atoms with Gasteiger partial charge in [0, 0.05) is 5.39 Å². The van der Waals surface area contributed by atoms with Crippen LogP contribution < -0.4 is 11.5 Å². The lowest BCUT2D eigenvalue weighted by Crippen LogP contribution is -2.04. The Morgan fingerprint density at radius 1 is 1.19 bits per heavy atom. The Morgan fingerprint density at radius 2 is 1.94 bits per heavy atom. The van der Waals surface area contributed by atoms with Gasteiger partial charge in [-0.05, 0) is 24.5 Å². The molecule has 1 aromatic carbocycles. The van der Waals surface area contributed by atoms with Crippen molar-refractivity contribution in [2.24, 2.45) is 0 Å². The van der Waals surface area contributed by atoms with Crippen LogP contribution >= 0.6 is 0 Å². The summed E-state index contributed by atoms with van der Waals surface area (Å²) in [4.78, 5) is 4.30. The molecule has 0 bridgehead atoms. The molecule has 1 heterocycles. The fourth-order valence-corrected chi connectivity index (χ4v) is 1.94. The number of aromatic nitrogens is 1. The molecule has 4 N–H and O–H groups in total. The summed E-state index contributed by atoms with van der Waals surface area (Å²) >= 11 is 0. The van der Waals surface area contributed by atoms with E-state index in [9.17, 15) is 0 Å². The van der Waals surface area contributed by atoms with Crippen LogP contribution in [0.1, 0.15) is 25.3 Å². The maximum Gasteiger partial charge on any atom is 0.147 e. The monoisotopic (exact) mass is 215 g/mol. The number of unbranched alkanes of at least 4 members (excludes halogenated alkanes) is 1. The second-order valence-corrected chi connectivity index (χ2v) is 4.01. The highest BCUT2D eigenvalue weighted by Gasteiger charge is 2.09. The van der Waals surface area contributed by atoms with E-state index in [1.807, 2.05) is 18.2 Å². The van der Waals surface area contributed by atoms with Gasteiger partial charge in [0.2, 0.25) is 0 Å². The van der Waals surface area contributed by atoms with Crippen molar-refractivity contribution < 1.29 is 0 Å². The third-order valence-corrected chi connectivity index (χ3v) is 2.85. The van der Waals surface area contributed by atoms with Crippen LogP contribution in [0, 0.1) is 0 Å². The number of benzene rings is 1. The van der Waals surface area contributed by atoms with Crippen LogP contribution in [0.2, 0.25) is 0 Å². The quantitative estimate of drug-likeness (QED) is 0.827. The Labute approximate surface area is 95.5 Å². The van der Waals surface area contributed by atoms with E-state index in [0.717, 1.165) is 35.7 Å². The topological polar surface area (TPSA) is 64.9 Å². The zero-order valence-electron chi connectivity index (χ0n) is 9.53. The molecule has 0 radical (unpaired) electrons. The van der Waals surface area contributed by atoms with Crippen molar-refractivity contribution in [3.05, 3.63) is 29.8 Å². The summed E-state index contributed by atoms with van der Waals surface area (Å²) < 4.78 is 0. The molecule has 0 spiro atoms. The molecule has 0 fully saturated rings. The Balaban J connectivity index is 2.61. The van der Waals surface area contributed by atoms with Crippen molar-refractivity contribution >= 4 is 22.4 Å². The SMILES string of the molecule is CCCCc1c(N)c(N)nc2ccccc12. The highest BCUT2D eigenvalue weighted by Crippen LogP contribution is 2.28. The molecule has 0 aliphatic carbocycles. The molecule has 16 heavy (non-hydrogen) atoms. The van der Waals surface area contributed by atoms with Crippen LogP contribution in [0.3, 0.4) is 0 Å². The van der Waals surface area contributed by atoms with Crippen molar-refractivity contribution in [1.29, 1.82) is 0 Å². The van der Waals surface area contributed by atoms with E-state index >= 15 is 0 Å². The third kappa shape index (κ3) is 1.81. The second kappa shape index (κ2) is 4.39. The number of rotatable bonds is 3. The molecular formula is C13H17N3. The van der Waals surface area contributed by atoms with Crippen LogP contribution in [0.5, 0.6) is 0 Å². The zero-order chi connectivity index (χ0) is 11.5. The fraction of sp³-hybridized carbons (Fsp3) is 0.308. The minimum Gasteiger partial charge on any atom is -0.396 e. The summed E-state index contributed by atoms with van der Waals surface area (Å²) in [6.07, 6.45) is 3.24. The maximum atomic E-state index is 6.00. The average molecular weight is 215 g/mol. The molecule has 0 saturated heterocycles. The summed E-state index contributed by atoms with van der Waals surface area (Å²) in [5, 5.41) is 1.13. The zero-order valence-corrected chi connectivity index (χ0v) is 9.53.